The van der Waals surface area contributed by atoms with Gasteiger partial charge in [-0.2, -0.15) is 0 Å². The lowest BCUT2D eigenvalue weighted by molar-refractivity contribution is 0.103. The summed E-state index contributed by atoms with van der Waals surface area (Å²) in [5.41, 5.74) is 7.01. The van der Waals surface area contributed by atoms with Crippen LogP contribution in [0.15, 0.2) is 39.4 Å². The van der Waals surface area contributed by atoms with E-state index in [1.807, 2.05) is 0 Å². The van der Waals surface area contributed by atoms with Gasteiger partial charge in [-0.05, 0) is 51.8 Å². The molecule has 5 heteroatoms. The van der Waals surface area contributed by atoms with Gasteiger partial charge >= 0.3 is 0 Å². The Hall–Kier alpha value is -1.26. The number of nitrogens with two attached hydrogens (primary N) is 1. The van der Waals surface area contributed by atoms with E-state index in [1.54, 1.807) is 18.2 Å². The number of benzene rings is 1. The van der Waals surface area contributed by atoms with Crippen LogP contribution in [-0.4, -0.2) is 5.78 Å². The van der Waals surface area contributed by atoms with Crippen LogP contribution >= 0.6 is 27.5 Å². The first-order valence-corrected chi connectivity index (χ1v) is 5.59. The van der Waals surface area contributed by atoms with Crippen molar-refractivity contribution in [2.24, 2.45) is 0 Å². The fourth-order valence-corrected chi connectivity index (χ4v) is 2.09. The lowest BCUT2D eigenvalue weighted by Crippen LogP contribution is -2.02. The Kier molecular flexibility index (Phi) is 3.03. The molecule has 0 unspecified atom stereocenters. The second-order valence-corrected chi connectivity index (χ2v) is 4.37. The molecule has 82 valence electrons. The lowest BCUT2D eigenvalue weighted by Gasteiger charge is -2.03. The van der Waals surface area contributed by atoms with E-state index in [2.05, 4.69) is 15.9 Å². The summed E-state index contributed by atoms with van der Waals surface area (Å²) in [6.07, 6.45) is 1.38. The lowest BCUT2D eigenvalue weighted by atomic mass is 10.1. The highest BCUT2D eigenvalue weighted by Crippen LogP contribution is 2.26. The van der Waals surface area contributed by atoms with Crippen molar-refractivity contribution in [3.8, 4) is 0 Å². The first-order chi connectivity index (χ1) is 7.59. The number of carbonyl (C=O) groups excluding carboxylic acids is 1. The van der Waals surface area contributed by atoms with E-state index in [4.69, 9.17) is 21.8 Å². The standard InChI is InChI=1S/C11H7BrClNO2/c12-9-5-6(14)1-2-7(9)10(15)8-3-4-16-11(8)13/h1-5H,14H2. The Morgan fingerprint density at radius 3 is 2.62 bits per heavy atom. The minimum Gasteiger partial charge on any atom is -0.452 e. The highest BCUT2D eigenvalue weighted by atomic mass is 79.9. The molecule has 1 aromatic heterocycles. The molecule has 0 saturated heterocycles. The molecule has 0 aliphatic heterocycles. The van der Waals surface area contributed by atoms with Crippen LogP contribution < -0.4 is 5.73 Å². The largest absolute Gasteiger partial charge is 0.452 e. The summed E-state index contributed by atoms with van der Waals surface area (Å²) in [6.45, 7) is 0. The number of nitrogen functional groups attached to an aromatic ring is 1. The molecule has 0 amide bonds. The van der Waals surface area contributed by atoms with Crippen molar-refractivity contribution >= 4 is 39.0 Å². The smallest absolute Gasteiger partial charge is 0.204 e. The summed E-state index contributed by atoms with van der Waals surface area (Å²) in [5, 5.41) is 0.0914. The quantitative estimate of drug-likeness (QED) is 0.682. The molecule has 0 saturated carbocycles. The van der Waals surface area contributed by atoms with E-state index in [0.717, 1.165) is 0 Å². The van der Waals surface area contributed by atoms with Crippen LogP contribution in [-0.2, 0) is 0 Å². The van der Waals surface area contributed by atoms with Gasteiger partial charge in [-0.3, -0.25) is 4.79 Å². The van der Waals surface area contributed by atoms with Crippen LogP contribution in [0.2, 0.25) is 5.22 Å². The third-order valence-electron chi connectivity index (χ3n) is 2.10. The van der Waals surface area contributed by atoms with Gasteiger partial charge in [-0.25, -0.2) is 0 Å². The summed E-state index contributed by atoms with van der Waals surface area (Å²) < 4.78 is 5.51. The molecule has 0 fully saturated rings. The minimum absolute atomic E-state index is 0.0914. The average molecular weight is 301 g/mol. The summed E-state index contributed by atoms with van der Waals surface area (Å²) in [5.74, 6) is -0.203. The molecular formula is C11H7BrClNO2. The Labute approximate surface area is 105 Å². The van der Waals surface area contributed by atoms with Crippen LogP contribution in [0.1, 0.15) is 15.9 Å². The molecule has 2 N–H and O–H groups in total. The van der Waals surface area contributed by atoms with Crippen molar-refractivity contribution in [2.75, 3.05) is 5.73 Å². The minimum atomic E-state index is -0.203. The summed E-state index contributed by atoms with van der Waals surface area (Å²) in [7, 11) is 0. The zero-order valence-electron chi connectivity index (χ0n) is 8.04. The van der Waals surface area contributed by atoms with Crippen molar-refractivity contribution in [2.45, 2.75) is 0 Å². The molecule has 0 bridgehead atoms. The molecule has 0 aliphatic rings. The van der Waals surface area contributed by atoms with Gasteiger partial charge in [-0.1, -0.05) is 0 Å². The molecule has 2 aromatic rings. The van der Waals surface area contributed by atoms with E-state index in [-0.39, 0.29) is 11.0 Å². The Balaban J connectivity index is 2.46. The van der Waals surface area contributed by atoms with Gasteiger partial charge in [0.15, 0.2) is 5.78 Å². The van der Waals surface area contributed by atoms with Gasteiger partial charge in [0.2, 0.25) is 5.22 Å². The van der Waals surface area contributed by atoms with E-state index in [0.29, 0.717) is 21.3 Å². The number of hydrogen-bond acceptors (Lipinski definition) is 3. The summed E-state index contributed by atoms with van der Waals surface area (Å²) >= 11 is 9.02. The number of furan rings is 1. The molecular weight excluding hydrogens is 293 g/mol. The van der Waals surface area contributed by atoms with Crippen LogP contribution in [0.25, 0.3) is 0 Å². The number of halogens is 2. The van der Waals surface area contributed by atoms with E-state index >= 15 is 0 Å². The molecule has 0 radical (unpaired) electrons. The SMILES string of the molecule is Nc1ccc(C(=O)c2ccoc2Cl)c(Br)c1. The second kappa shape index (κ2) is 4.31. The third kappa shape index (κ3) is 1.99. The van der Waals surface area contributed by atoms with Gasteiger partial charge in [0.1, 0.15) is 0 Å². The number of anilines is 1. The van der Waals surface area contributed by atoms with Crippen molar-refractivity contribution in [3.05, 3.63) is 51.3 Å². The van der Waals surface area contributed by atoms with Crippen molar-refractivity contribution in [3.63, 3.8) is 0 Å². The molecule has 1 heterocycles. The predicted octanol–water partition coefficient (Wildman–Crippen LogP) is 3.51. The maximum Gasteiger partial charge on any atom is 0.204 e. The molecule has 2 rings (SSSR count). The topological polar surface area (TPSA) is 56.2 Å². The van der Waals surface area contributed by atoms with Gasteiger partial charge in [-0.15, -0.1) is 0 Å². The average Bonchev–Trinajstić information content (AvgIpc) is 2.63. The molecule has 0 spiro atoms. The monoisotopic (exact) mass is 299 g/mol. The predicted molar refractivity (Wildman–Crippen MR) is 65.7 cm³/mol. The number of carbonyl (C=O) groups is 1. The fourth-order valence-electron chi connectivity index (χ4n) is 1.32. The van der Waals surface area contributed by atoms with Gasteiger partial charge in [0.05, 0.1) is 11.8 Å². The highest BCUT2D eigenvalue weighted by molar-refractivity contribution is 9.10. The highest BCUT2D eigenvalue weighted by Gasteiger charge is 2.17. The first-order valence-electron chi connectivity index (χ1n) is 4.42. The maximum absolute atomic E-state index is 12.0. The van der Waals surface area contributed by atoms with Crippen molar-refractivity contribution in [1.82, 2.24) is 0 Å². The number of ketones is 1. The Morgan fingerprint density at radius 1 is 1.31 bits per heavy atom. The number of hydrogen-bond donors (Lipinski definition) is 1. The van der Waals surface area contributed by atoms with Crippen LogP contribution in [0.4, 0.5) is 5.69 Å². The second-order valence-electron chi connectivity index (χ2n) is 3.18. The van der Waals surface area contributed by atoms with Crippen LogP contribution in [0, 0.1) is 0 Å². The van der Waals surface area contributed by atoms with Crippen LogP contribution in [0.3, 0.4) is 0 Å². The summed E-state index contributed by atoms with van der Waals surface area (Å²) in [4.78, 5) is 12.0. The molecule has 3 nitrogen and oxygen atoms in total. The fraction of sp³-hybridized carbons (Fsp3) is 0. The maximum atomic E-state index is 12.0. The van der Waals surface area contributed by atoms with Gasteiger partial charge in [0.25, 0.3) is 0 Å². The van der Waals surface area contributed by atoms with E-state index in [9.17, 15) is 4.79 Å². The van der Waals surface area contributed by atoms with E-state index in [1.165, 1.54) is 12.3 Å². The van der Waals surface area contributed by atoms with Crippen molar-refractivity contribution < 1.29 is 9.21 Å². The zero-order chi connectivity index (χ0) is 11.7. The van der Waals surface area contributed by atoms with E-state index < -0.39 is 0 Å². The van der Waals surface area contributed by atoms with Gasteiger partial charge in [0, 0.05) is 15.7 Å². The third-order valence-corrected chi connectivity index (χ3v) is 3.05. The number of rotatable bonds is 2. The summed E-state index contributed by atoms with van der Waals surface area (Å²) in [6, 6.07) is 6.51. The Morgan fingerprint density at radius 2 is 2.06 bits per heavy atom. The van der Waals surface area contributed by atoms with Crippen LogP contribution in [0.5, 0.6) is 0 Å². The molecule has 1 aromatic carbocycles. The molecule has 16 heavy (non-hydrogen) atoms. The Bertz CT molecular complexity index is 551. The zero-order valence-corrected chi connectivity index (χ0v) is 10.4. The first kappa shape index (κ1) is 11.2. The molecule has 0 aliphatic carbocycles. The van der Waals surface area contributed by atoms with Gasteiger partial charge < -0.3 is 10.2 Å². The van der Waals surface area contributed by atoms with Crippen molar-refractivity contribution in [1.29, 1.82) is 0 Å². The molecule has 0 atom stereocenters. The normalized spacial score (nSPS) is 10.4.